The first-order valence-corrected chi connectivity index (χ1v) is 6.71. The summed E-state index contributed by atoms with van der Waals surface area (Å²) in [6.45, 7) is 6.27. The van der Waals surface area contributed by atoms with Crippen molar-refractivity contribution in [3.63, 3.8) is 0 Å². The van der Waals surface area contributed by atoms with Crippen molar-refractivity contribution in [2.75, 3.05) is 0 Å². The molecule has 100 valence electrons. The van der Waals surface area contributed by atoms with Gasteiger partial charge in [-0.1, -0.05) is 53.2 Å². The van der Waals surface area contributed by atoms with Gasteiger partial charge in [0.1, 0.15) is 5.69 Å². The van der Waals surface area contributed by atoms with Gasteiger partial charge in [0.25, 0.3) is 0 Å². The third kappa shape index (κ3) is 2.23. The molecule has 1 heterocycles. The molecule has 0 spiro atoms. The van der Waals surface area contributed by atoms with E-state index in [2.05, 4.69) is 73.5 Å². The maximum atomic E-state index is 4.29. The maximum absolute atomic E-state index is 4.29. The number of aryl methyl sites for hydroxylation is 3. The van der Waals surface area contributed by atoms with Gasteiger partial charge in [0, 0.05) is 5.56 Å². The van der Waals surface area contributed by atoms with Crippen molar-refractivity contribution < 1.29 is 0 Å². The van der Waals surface area contributed by atoms with Gasteiger partial charge in [-0.15, -0.1) is 5.10 Å². The van der Waals surface area contributed by atoms with E-state index in [1.165, 1.54) is 16.7 Å². The minimum atomic E-state index is 0.896. The molecule has 1 aromatic heterocycles. The van der Waals surface area contributed by atoms with Crippen LogP contribution in [0.1, 0.15) is 16.7 Å². The van der Waals surface area contributed by atoms with E-state index in [0.717, 1.165) is 16.9 Å². The largest absolute Gasteiger partial charge is 0.220 e. The Kier molecular flexibility index (Phi) is 3.11. The zero-order valence-electron chi connectivity index (χ0n) is 12.0. The summed E-state index contributed by atoms with van der Waals surface area (Å²) >= 11 is 0. The van der Waals surface area contributed by atoms with Gasteiger partial charge in [-0.05, 0) is 31.9 Å². The Morgan fingerprint density at radius 2 is 1.50 bits per heavy atom. The van der Waals surface area contributed by atoms with Crippen LogP contribution in [-0.4, -0.2) is 15.0 Å². The average molecular weight is 263 g/mol. The fourth-order valence-corrected chi connectivity index (χ4v) is 2.40. The molecule has 3 rings (SSSR count). The van der Waals surface area contributed by atoms with E-state index in [4.69, 9.17) is 0 Å². The Balaban J connectivity index is 2.04. The second kappa shape index (κ2) is 4.93. The number of aromatic nitrogens is 3. The van der Waals surface area contributed by atoms with Crippen LogP contribution in [0.5, 0.6) is 0 Å². The van der Waals surface area contributed by atoms with Gasteiger partial charge in [-0.25, -0.2) is 4.68 Å². The number of nitrogens with zero attached hydrogens (tertiary/aromatic N) is 3. The van der Waals surface area contributed by atoms with Gasteiger partial charge in [0.05, 0.1) is 11.9 Å². The lowest BCUT2D eigenvalue weighted by atomic mass is 10.1. The van der Waals surface area contributed by atoms with Crippen LogP contribution in [0.2, 0.25) is 0 Å². The van der Waals surface area contributed by atoms with E-state index < -0.39 is 0 Å². The summed E-state index contributed by atoms with van der Waals surface area (Å²) in [6, 6.07) is 14.6. The van der Waals surface area contributed by atoms with Crippen LogP contribution in [0.4, 0.5) is 0 Å². The molecule has 0 saturated carbocycles. The number of hydrogen-bond acceptors (Lipinski definition) is 2. The van der Waals surface area contributed by atoms with E-state index in [1.807, 2.05) is 10.9 Å². The van der Waals surface area contributed by atoms with Gasteiger partial charge >= 0.3 is 0 Å². The molecule has 3 heteroatoms. The first kappa shape index (κ1) is 12.6. The Hall–Kier alpha value is -2.42. The number of hydrogen-bond donors (Lipinski definition) is 0. The zero-order chi connectivity index (χ0) is 14.1. The Bertz CT molecular complexity index is 719. The van der Waals surface area contributed by atoms with Crippen LogP contribution in [0.15, 0.2) is 48.7 Å². The van der Waals surface area contributed by atoms with Crippen LogP contribution in [0.3, 0.4) is 0 Å². The Morgan fingerprint density at radius 1 is 0.850 bits per heavy atom. The van der Waals surface area contributed by atoms with Crippen molar-refractivity contribution in [2.45, 2.75) is 20.8 Å². The van der Waals surface area contributed by atoms with E-state index in [9.17, 15) is 0 Å². The summed E-state index contributed by atoms with van der Waals surface area (Å²) in [7, 11) is 0. The van der Waals surface area contributed by atoms with Crippen LogP contribution >= 0.6 is 0 Å². The molecule has 3 nitrogen and oxygen atoms in total. The standard InChI is InChI=1S/C17H17N3/c1-12-7-9-15(10-8-12)16-11-20(19-18-16)17-13(2)5-4-6-14(17)3/h4-11H,1-3H3. The minimum Gasteiger partial charge on any atom is -0.220 e. The third-order valence-corrected chi connectivity index (χ3v) is 3.51. The third-order valence-electron chi connectivity index (χ3n) is 3.51. The van der Waals surface area contributed by atoms with Crippen LogP contribution in [0.25, 0.3) is 16.9 Å². The normalized spacial score (nSPS) is 10.8. The monoisotopic (exact) mass is 263 g/mol. The molecule has 0 fully saturated rings. The van der Waals surface area contributed by atoms with Crippen molar-refractivity contribution >= 4 is 0 Å². The highest BCUT2D eigenvalue weighted by Gasteiger charge is 2.09. The molecule has 20 heavy (non-hydrogen) atoms. The molecule has 3 aromatic rings. The molecule has 0 aliphatic heterocycles. The lowest BCUT2D eigenvalue weighted by Gasteiger charge is -2.07. The fraction of sp³-hybridized carbons (Fsp3) is 0.176. The van der Waals surface area contributed by atoms with Gasteiger partial charge < -0.3 is 0 Å². The van der Waals surface area contributed by atoms with Crippen molar-refractivity contribution in [1.29, 1.82) is 0 Å². The quantitative estimate of drug-likeness (QED) is 0.703. The molecule has 0 unspecified atom stereocenters. The van der Waals surface area contributed by atoms with Crippen LogP contribution in [-0.2, 0) is 0 Å². The number of para-hydroxylation sites is 1. The molecule has 2 aromatic carbocycles. The first-order chi connectivity index (χ1) is 9.65. The zero-order valence-corrected chi connectivity index (χ0v) is 12.0. The highest BCUT2D eigenvalue weighted by Crippen LogP contribution is 2.21. The molecule has 0 atom stereocenters. The molecule has 0 aliphatic carbocycles. The SMILES string of the molecule is Cc1ccc(-c2cn(-c3c(C)cccc3C)nn2)cc1. The first-order valence-electron chi connectivity index (χ1n) is 6.71. The number of benzene rings is 2. The van der Waals surface area contributed by atoms with E-state index in [0.29, 0.717) is 0 Å². The lowest BCUT2D eigenvalue weighted by Crippen LogP contribution is -2.00. The molecule has 0 bridgehead atoms. The molecular formula is C17H17N3. The van der Waals surface area contributed by atoms with Crippen molar-refractivity contribution in [3.8, 4) is 16.9 Å². The maximum Gasteiger partial charge on any atom is 0.113 e. The molecular weight excluding hydrogens is 246 g/mol. The number of rotatable bonds is 2. The topological polar surface area (TPSA) is 30.7 Å². The molecule has 0 radical (unpaired) electrons. The summed E-state index contributed by atoms with van der Waals surface area (Å²) in [5.41, 5.74) is 6.74. The molecule has 0 aliphatic rings. The molecule has 0 N–H and O–H groups in total. The summed E-state index contributed by atoms with van der Waals surface area (Å²) in [6.07, 6.45) is 1.99. The van der Waals surface area contributed by atoms with Gasteiger partial charge in [-0.2, -0.15) is 0 Å². The average Bonchev–Trinajstić information content (AvgIpc) is 2.89. The summed E-state index contributed by atoms with van der Waals surface area (Å²) in [5.74, 6) is 0. The predicted molar refractivity (Wildman–Crippen MR) is 81.0 cm³/mol. The van der Waals surface area contributed by atoms with Gasteiger partial charge in [0.2, 0.25) is 0 Å². The predicted octanol–water partition coefficient (Wildman–Crippen LogP) is 3.86. The fourth-order valence-electron chi connectivity index (χ4n) is 2.40. The van der Waals surface area contributed by atoms with Crippen molar-refractivity contribution in [3.05, 3.63) is 65.4 Å². The highest BCUT2D eigenvalue weighted by atomic mass is 15.4. The Morgan fingerprint density at radius 3 is 2.15 bits per heavy atom. The van der Waals surface area contributed by atoms with E-state index in [-0.39, 0.29) is 0 Å². The molecule has 0 saturated heterocycles. The van der Waals surface area contributed by atoms with Crippen LogP contribution < -0.4 is 0 Å². The van der Waals surface area contributed by atoms with Crippen molar-refractivity contribution in [2.24, 2.45) is 0 Å². The smallest absolute Gasteiger partial charge is 0.113 e. The Labute approximate surface area is 118 Å². The summed E-state index contributed by atoms with van der Waals surface area (Å²) < 4.78 is 1.86. The molecule has 0 amide bonds. The van der Waals surface area contributed by atoms with Crippen molar-refractivity contribution in [1.82, 2.24) is 15.0 Å². The second-order valence-corrected chi connectivity index (χ2v) is 5.15. The minimum absolute atomic E-state index is 0.896. The summed E-state index contributed by atoms with van der Waals surface area (Å²) in [4.78, 5) is 0. The van der Waals surface area contributed by atoms with Gasteiger partial charge in [-0.3, -0.25) is 0 Å². The highest BCUT2D eigenvalue weighted by molar-refractivity contribution is 5.59. The second-order valence-electron chi connectivity index (χ2n) is 5.15. The summed E-state index contributed by atoms with van der Waals surface area (Å²) in [5, 5.41) is 8.56. The van der Waals surface area contributed by atoms with E-state index in [1.54, 1.807) is 0 Å². The van der Waals surface area contributed by atoms with E-state index >= 15 is 0 Å². The van der Waals surface area contributed by atoms with Gasteiger partial charge in [0.15, 0.2) is 0 Å². The lowest BCUT2D eigenvalue weighted by molar-refractivity contribution is 0.794. The van der Waals surface area contributed by atoms with Crippen LogP contribution in [0, 0.1) is 20.8 Å².